The molecule has 17 amide bonds. The molecule has 3 saturated heterocycles. The highest BCUT2D eigenvalue weighted by Crippen LogP contribution is 2.31. The molecule has 756 valence electrons. The molecular formula is C93H132N24O21S. The first-order valence-corrected chi connectivity index (χ1v) is 47.6. The zero-order valence-corrected chi connectivity index (χ0v) is 80.7. The summed E-state index contributed by atoms with van der Waals surface area (Å²) in [6.07, 6.45) is 3.61. The van der Waals surface area contributed by atoms with Gasteiger partial charge in [-0.3, -0.25) is 86.9 Å². The molecule has 0 radical (unpaired) electrons. The maximum atomic E-state index is 15.8. The van der Waals surface area contributed by atoms with Crippen molar-refractivity contribution in [3.8, 4) is 11.5 Å². The number of nitrogens with two attached hydrogens (primary N) is 3. The van der Waals surface area contributed by atoms with Crippen molar-refractivity contribution in [2.24, 2.45) is 23.1 Å². The van der Waals surface area contributed by atoms with Crippen molar-refractivity contribution >= 4 is 140 Å². The number of primary amides is 2. The summed E-state index contributed by atoms with van der Waals surface area (Å²) in [7, 11) is 6.68. The van der Waals surface area contributed by atoms with E-state index in [1.165, 1.54) is 60.9 Å². The lowest BCUT2D eigenvalue weighted by molar-refractivity contribution is -0.149. The number of fused-ring (bicyclic) bond motifs is 4. The minimum Gasteiger partial charge on any atom is -0.493 e. The first-order chi connectivity index (χ1) is 66.3. The van der Waals surface area contributed by atoms with E-state index in [2.05, 4.69) is 78.4 Å². The number of carbonyl (C=O) groups excluding carboxylic acids is 17. The van der Waals surface area contributed by atoms with Gasteiger partial charge in [0.2, 0.25) is 100 Å². The number of likely N-dealkylation sites (N-methyl/N-ethyl adjacent to an activating group) is 3. The van der Waals surface area contributed by atoms with E-state index in [4.69, 9.17) is 32.1 Å². The summed E-state index contributed by atoms with van der Waals surface area (Å²) in [5.41, 5.74) is 19.8. The number of aromatic nitrogens is 4. The van der Waals surface area contributed by atoms with Crippen LogP contribution < -0.4 is 85.2 Å². The number of nitrogens with zero attached hydrogens (tertiary/aromatic N) is 6. The number of imidazole rings is 1. The summed E-state index contributed by atoms with van der Waals surface area (Å²) in [5, 5.41) is 61.1. The van der Waals surface area contributed by atoms with Crippen molar-refractivity contribution in [2.75, 3.05) is 79.7 Å². The van der Waals surface area contributed by atoms with E-state index >= 15 is 52.7 Å². The van der Waals surface area contributed by atoms with Gasteiger partial charge in [-0.15, -0.1) is 11.8 Å². The van der Waals surface area contributed by atoms with Crippen LogP contribution in [0.5, 0.6) is 11.5 Å². The highest BCUT2D eigenvalue weighted by atomic mass is 32.2. The van der Waals surface area contributed by atoms with E-state index in [9.17, 15) is 39.0 Å². The number of ether oxygens (including phenoxy) is 2. The number of aliphatic hydroxyl groups excluding tert-OH is 2. The average molecular weight is 1950 g/mol. The summed E-state index contributed by atoms with van der Waals surface area (Å²) in [5.74, 6) is -17.4. The van der Waals surface area contributed by atoms with Crippen LogP contribution in [0.4, 0.5) is 0 Å². The molecule has 9 rings (SSSR count). The number of unbranched alkanes of at least 4 members (excludes halogenated alkanes) is 2. The molecule has 0 spiro atoms. The fraction of sp³-hybridized carbons (Fsp3) is 0.538. The molecule has 46 heteroatoms. The van der Waals surface area contributed by atoms with E-state index in [0.29, 0.717) is 75.6 Å². The van der Waals surface area contributed by atoms with Gasteiger partial charge in [-0.2, -0.15) is 0 Å². The maximum Gasteiger partial charge on any atom is 0.246 e. The summed E-state index contributed by atoms with van der Waals surface area (Å²) >= 11 is 0.766. The quantitative estimate of drug-likeness (QED) is 0.0136. The fourth-order valence-electron chi connectivity index (χ4n) is 17.2. The number of benzene rings is 3. The molecule has 139 heavy (non-hydrogen) atoms. The number of nitrogens with one attached hydrogen (secondary N) is 15. The van der Waals surface area contributed by atoms with Crippen molar-refractivity contribution in [3.05, 3.63) is 114 Å². The van der Waals surface area contributed by atoms with Crippen molar-refractivity contribution in [1.82, 2.24) is 103 Å². The Bertz CT molecular complexity index is 5360. The Balaban J connectivity index is 1.11. The number of carbonyl (C=O) groups is 17. The molecule has 0 aliphatic carbocycles. The Kier molecular flexibility index (Phi) is 40.7. The first-order valence-electron chi connectivity index (χ1n) is 46.5. The third-order valence-electron chi connectivity index (χ3n) is 24.8. The first kappa shape index (κ1) is 109. The molecule has 45 nitrogen and oxygen atoms in total. The number of para-hydroxylation sites is 2. The van der Waals surface area contributed by atoms with Crippen LogP contribution in [-0.4, -0.2) is 331 Å². The molecule has 0 bridgehead atoms. The largest absolute Gasteiger partial charge is 0.493 e. The van der Waals surface area contributed by atoms with Crippen LogP contribution in [0.3, 0.4) is 0 Å². The van der Waals surface area contributed by atoms with Crippen LogP contribution in [0.15, 0.2) is 91.6 Å². The minimum atomic E-state index is -1.90. The van der Waals surface area contributed by atoms with Gasteiger partial charge >= 0.3 is 0 Å². The number of aliphatic hydroxyl groups is 2. The van der Waals surface area contributed by atoms with Gasteiger partial charge < -0.3 is 135 Å². The van der Waals surface area contributed by atoms with Crippen molar-refractivity contribution in [1.29, 1.82) is 5.41 Å². The number of H-pyrrole nitrogens is 3. The van der Waals surface area contributed by atoms with Crippen molar-refractivity contribution in [3.63, 3.8) is 0 Å². The van der Waals surface area contributed by atoms with E-state index in [1.807, 2.05) is 13.8 Å². The number of hydrogen-bond donors (Lipinski definition) is 20. The molecule has 0 saturated carbocycles. The lowest BCUT2D eigenvalue weighted by Gasteiger charge is -2.36. The van der Waals surface area contributed by atoms with E-state index < -0.39 is 241 Å². The Morgan fingerprint density at radius 2 is 1.11 bits per heavy atom. The van der Waals surface area contributed by atoms with Gasteiger partial charge in [0.25, 0.3) is 0 Å². The SMILES string of the molecule is CCCC[C@H]1C(=O)N(C)[C@@H](CCCC)C(=O)N[C@@H](CCCNC(=N)N)C(=O)N[C@H](C(=O)NCC(N)=O)CSCC(=O)N[C@@H](Cc2ccc(OC)c(OC)c2)C(=O)N(C)[C@@H](C)C(=O)N[C@@H](CC(N)=O)C(=O)N2CCC[C@H]2C(=O)N[C@@H](Cc2cnc[nH]2)C(=O)N[C@@H](CC(C)C)C(=O)N2C[C@H](O)C[C@H]2C(=O)N[C@@H](Cc2c[nH]c3ccccc23)C(=O)N[C@@H](CO)C(=O)N[C@@H](Cc2c[nH]c3ccccc23)C(=O)N1C. The standard InChI is InChI=1S/C93H132N24O21S/c1-11-13-26-70-85(129)105-61(25-19-31-99-93(96)97)81(125)112-69(80(124)102-44-77(95)121)47-139-48-78(122)104-65(34-52-29-30-74(137-9)75(35-52)138-10)88(132)113(6)51(5)79(123)108-67(40-76(94)120)90(134)116-32-20-28-71(116)86(130)107-63(38-55-43-98-49-103-55)83(127)109-64(33-50(3)4)91(135)117-45-56(119)39-73(117)87(131)106-62(36-53-41-100-59-23-17-15-21-57(53)59)82(126)111-68(46-118)84(128)110-66(37-54-42-101-60-24-18-16-22-58(54)60)89(133)115(8)72(27-14-12-2)92(136)114(70)7/h15-18,21-24,29-30,35,41-43,49-51,56,61-73,100-101,118-119H,11-14,19-20,25-28,31-34,36-40,44-48H2,1-10H3,(H2,94,120)(H2,95,121)(H,98,103)(H,102,124)(H,104,122)(H,105,129)(H,106,131)(H,107,130)(H,108,123)(H,109,127)(H,110,128)(H,111,126)(H,112,125)(H4,96,97,99)/t51-,56+,61-,62-,63-,64-,65-,66-,67-,68-,69-,70-,71-,72-,73-/m0/s1. The van der Waals surface area contributed by atoms with Gasteiger partial charge in [-0.25, -0.2) is 4.98 Å². The van der Waals surface area contributed by atoms with Crippen LogP contribution in [-0.2, 0) is 107 Å². The lowest BCUT2D eigenvalue weighted by Crippen LogP contribution is -2.62. The summed E-state index contributed by atoms with van der Waals surface area (Å²) in [6, 6.07) is -3.24. The number of guanidine groups is 1. The van der Waals surface area contributed by atoms with Gasteiger partial charge in [0, 0.05) is 125 Å². The van der Waals surface area contributed by atoms with Crippen molar-refractivity contribution in [2.45, 2.75) is 234 Å². The topological polar surface area (TPSA) is 660 Å². The van der Waals surface area contributed by atoms with Crippen LogP contribution in [0.2, 0.25) is 0 Å². The number of amides is 17. The van der Waals surface area contributed by atoms with Crippen molar-refractivity contribution < 1.29 is 101 Å². The highest BCUT2D eigenvalue weighted by Gasteiger charge is 2.47. The molecular weight excluding hydrogens is 1820 g/mol. The Morgan fingerprint density at radius 1 is 0.561 bits per heavy atom. The summed E-state index contributed by atoms with van der Waals surface area (Å²) in [6.45, 7) is 6.02. The second-order valence-electron chi connectivity index (χ2n) is 35.5. The molecule has 0 unspecified atom stereocenters. The maximum absolute atomic E-state index is 15.8. The Morgan fingerprint density at radius 3 is 1.71 bits per heavy atom. The number of methoxy groups -OCH3 is 2. The number of thioether (sulfide) groups is 1. The van der Waals surface area contributed by atoms with Gasteiger partial charge in [-0.05, 0) is 98.7 Å². The molecule has 6 aromatic rings. The molecule has 3 aromatic heterocycles. The number of hydrogen-bond acceptors (Lipinski definition) is 24. The monoisotopic (exact) mass is 1950 g/mol. The zero-order chi connectivity index (χ0) is 102. The average Bonchev–Trinajstić information content (AvgIpc) is 1.62. The van der Waals surface area contributed by atoms with Crippen LogP contribution in [0.25, 0.3) is 21.8 Å². The van der Waals surface area contributed by atoms with E-state index in [0.717, 1.165) is 36.3 Å². The predicted octanol–water partition coefficient (Wildman–Crippen LogP) is -2.62. The van der Waals surface area contributed by atoms with Crippen LogP contribution in [0, 0.1) is 11.3 Å². The van der Waals surface area contributed by atoms with Crippen LogP contribution >= 0.6 is 11.8 Å². The second kappa shape index (κ2) is 52.0. The molecule has 6 heterocycles. The molecule has 23 N–H and O–H groups in total. The van der Waals surface area contributed by atoms with Gasteiger partial charge in [0.05, 0.1) is 52.0 Å². The van der Waals surface area contributed by atoms with E-state index in [-0.39, 0.29) is 95.4 Å². The fourth-order valence-corrected chi connectivity index (χ4v) is 18.0. The molecule has 3 aliphatic heterocycles. The molecule has 15 atom stereocenters. The van der Waals surface area contributed by atoms with Gasteiger partial charge in [-0.1, -0.05) is 95.8 Å². The van der Waals surface area contributed by atoms with Gasteiger partial charge in [0.1, 0.15) is 84.6 Å². The zero-order valence-electron chi connectivity index (χ0n) is 79.8. The number of rotatable bonds is 28. The smallest absolute Gasteiger partial charge is 0.246 e. The predicted molar refractivity (Wildman–Crippen MR) is 511 cm³/mol. The third-order valence-corrected chi connectivity index (χ3v) is 25.9. The molecule has 3 aromatic carbocycles. The highest BCUT2D eigenvalue weighted by molar-refractivity contribution is 8.00. The summed E-state index contributed by atoms with van der Waals surface area (Å²) in [4.78, 5) is 270. The Hall–Kier alpha value is -13.9. The van der Waals surface area contributed by atoms with Crippen LogP contribution in [0.1, 0.15) is 140 Å². The number of aromatic amines is 3. The van der Waals surface area contributed by atoms with Gasteiger partial charge in [0.15, 0.2) is 17.5 Å². The molecule has 3 fully saturated rings. The summed E-state index contributed by atoms with van der Waals surface area (Å²) < 4.78 is 11.0. The second-order valence-corrected chi connectivity index (χ2v) is 36.5. The Labute approximate surface area is 808 Å². The molecule has 3 aliphatic rings. The van der Waals surface area contributed by atoms with E-state index in [1.54, 1.807) is 86.9 Å². The third kappa shape index (κ3) is 30.0. The minimum absolute atomic E-state index is 0.0136. The normalized spacial score (nSPS) is 24.4. The lowest BCUT2D eigenvalue weighted by atomic mass is 10.00.